The van der Waals surface area contributed by atoms with E-state index in [1.54, 1.807) is 18.2 Å². The quantitative estimate of drug-likeness (QED) is 0.868. The van der Waals surface area contributed by atoms with Crippen LogP contribution in [0.3, 0.4) is 0 Å². The van der Waals surface area contributed by atoms with Crippen LogP contribution in [-0.2, 0) is 14.8 Å². The van der Waals surface area contributed by atoms with E-state index in [2.05, 4.69) is 11.9 Å². The zero-order valence-electron chi connectivity index (χ0n) is 11.9. The second kappa shape index (κ2) is 6.87. The van der Waals surface area contributed by atoms with Crippen molar-refractivity contribution in [2.45, 2.75) is 30.6 Å². The maximum absolute atomic E-state index is 12.6. The van der Waals surface area contributed by atoms with Crippen molar-refractivity contribution < 1.29 is 13.2 Å². The van der Waals surface area contributed by atoms with Gasteiger partial charge in [-0.15, -0.1) is 0 Å². The van der Waals surface area contributed by atoms with Gasteiger partial charge in [-0.1, -0.05) is 25.5 Å². The zero-order chi connectivity index (χ0) is 15.3. The van der Waals surface area contributed by atoms with Crippen LogP contribution in [0, 0.1) is 0 Å². The molecule has 0 radical (unpaired) electrons. The molecule has 0 unspecified atom stereocenters. The van der Waals surface area contributed by atoms with Gasteiger partial charge in [0.05, 0.1) is 4.90 Å². The third-order valence-corrected chi connectivity index (χ3v) is 5.38. The summed E-state index contributed by atoms with van der Waals surface area (Å²) in [6.07, 6.45) is 5.08. The number of amides is 1. The van der Waals surface area contributed by atoms with Crippen molar-refractivity contribution in [2.24, 2.45) is 0 Å². The number of carbonyl (C=O) groups is 1. The minimum absolute atomic E-state index is 0.214. The van der Waals surface area contributed by atoms with E-state index in [0.29, 0.717) is 18.8 Å². The fraction of sp³-hybridized carbons (Fsp3) is 0.400. The molecule has 0 aromatic heterocycles. The van der Waals surface area contributed by atoms with Crippen LogP contribution in [0.2, 0.25) is 0 Å². The number of benzene rings is 1. The van der Waals surface area contributed by atoms with Gasteiger partial charge in [0.1, 0.15) is 0 Å². The fourth-order valence-electron chi connectivity index (χ4n) is 2.36. The summed E-state index contributed by atoms with van der Waals surface area (Å²) in [5.41, 5.74) is 0.454. The lowest BCUT2D eigenvalue weighted by Crippen LogP contribution is -2.32. The highest BCUT2D eigenvalue weighted by Gasteiger charge is 2.25. The molecule has 0 saturated carbocycles. The van der Waals surface area contributed by atoms with Gasteiger partial charge >= 0.3 is 0 Å². The Morgan fingerprint density at radius 1 is 1.19 bits per heavy atom. The summed E-state index contributed by atoms with van der Waals surface area (Å²) in [5, 5.41) is 2.58. The van der Waals surface area contributed by atoms with Gasteiger partial charge in [0.15, 0.2) is 0 Å². The Balaban J connectivity index is 2.24. The lowest BCUT2D eigenvalue weighted by atomic mass is 10.2. The molecule has 1 aromatic rings. The van der Waals surface area contributed by atoms with E-state index >= 15 is 0 Å². The summed E-state index contributed by atoms with van der Waals surface area (Å²) in [5.74, 6) is -0.362. The highest BCUT2D eigenvalue weighted by Crippen LogP contribution is 2.22. The average molecular weight is 308 g/mol. The van der Waals surface area contributed by atoms with Crippen LogP contribution >= 0.6 is 0 Å². The van der Waals surface area contributed by atoms with E-state index in [4.69, 9.17) is 0 Å². The lowest BCUT2D eigenvalue weighted by molar-refractivity contribution is -0.111. The first kappa shape index (κ1) is 15.7. The standard InChI is InChI=1S/C15H20N2O3S/c1-2-15(18)16-13-8-7-9-14(12-13)21(19,20)17-10-5-3-4-6-11-17/h2,7-9,12H,1,3-6,10-11H2,(H,16,18). The number of hydrogen-bond acceptors (Lipinski definition) is 3. The van der Waals surface area contributed by atoms with Gasteiger partial charge in [0.25, 0.3) is 0 Å². The van der Waals surface area contributed by atoms with Crippen molar-refractivity contribution in [3.05, 3.63) is 36.9 Å². The second-order valence-corrected chi connectivity index (χ2v) is 6.98. The molecule has 1 heterocycles. The number of sulfonamides is 1. The summed E-state index contributed by atoms with van der Waals surface area (Å²) in [6, 6.07) is 6.33. The Labute approximate surface area is 125 Å². The number of rotatable bonds is 4. The topological polar surface area (TPSA) is 66.5 Å². The van der Waals surface area contributed by atoms with Gasteiger partial charge in [-0.2, -0.15) is 4.31 Å². The Morgan fingerprint density at radius 2 is 1.86 bits per heavy atom. The monoisotopic (exact) mass is 308 g/mol. The maximum atomic E-state index is 12.6. The van der Waals surface area contributed by atoms with Crippen molar-refractivity contribution in [3.8, 4) is 0 Å². The largest absolute Gasteiger partial charge is 0.322 e. The molecule has 1 amide bonds. The highest BCUT2D eigenvalue weighted by molar-refractivity contribution is 7.89. The molecule has 1 aliphatic heterocycles. The molecule has 0 spiro atoms. The highest BCUT2D eigenvalue weighted by atomic mass is 32.2. The van der Waals surface area contributed by atoms with Gasteiger partial charge < -0.3 is 5.32 Å². The van der Waals surface area contributed by atoms with E-state index in [0.717, 1.165) is 31.8 Å². The minimum Gasteiger partial charge on any atom is -0.322 e. The van der Waals surface area contributed by atoms with Crippen molar-refractivity contribution in [3.63, 3.8) is 0 Å². The molecule has 0 atom stereocenters. The van der Waals surface area contributed by atoms with Crippen molar-refractivity contribution in [1.29, 1.82) is 0 Å². The number of anilines is 1. The molecular weight excluding hydrogens is 288 g/mol. The Kier molecular flexibility index (Phi) is 5.14. The van der Waals surface area contributed by atoms with Gasteiger partial charge in [-0.3, -0.25) is 4.79 Å². The smallest absolute Gasteiger partial charge is 0.247 e. The first-order valence-electron chi connectivity index (χ1n) is 7.07. The molecule has 1 saturated heterocycles. The molecule has 1 aromatic carbocycles. The van der Waals surface area contributed by atoms with Crippen LogP contribution in [0.4, 0.5) is 5.69 Å². The lowest BCUT2D eigenvalue weighted by Gasteiger charge is -2.20. The normalized spacial score (nSPS) is 17.0. The number of nitrogens with one attached hydrogen (secondary N) is 1. The molecule has 5 nitrogen and oxygen atoms in total. The Bertz CT molecular complexity index is 618. The van der Waals surface area contributed by atoms with Crippen LogP contribution in [0.1, 0.15) is 25.7 Å². The summed E-state index contributed by atoms with van der Waals surface area (Å²) in [6.45, 7) is 4.50. The number of carbonyl (C=O) groups excluding carboxylic acids is 1. The molecule has 1 aliphatic rings. The van der Waals surface area contributed by atoms with Gasteiger partial charge in [0.2, 0.25) is 15.9 Å². The zero-order valence-corrected chi connectivity index (χ0v) is 12.7. The van der Waals surface area contributed by atoms with E-state index in [1.807, 2.05) is 0 Å². The van der Waals surface area contributed by atoms with Gasteiger partial charge in [-0.05, 0) is 37.1 Å². The number of nitrogens with zero attached hydrogens (tertiary/aromatic N) is 1. The Hall–Kier alpha value is -1.66. The summed E-state index contributed by atoms with van der Waals surface area (Å²) in [4.78, 5) is 11.5. The van der Waals surface area contributed by atoms with Crippen molar-refractivity contribution in [2.75, 3.05) is 18.4 Å². The third kappa shape index (κ3) is 3.92. The SMILES string of the molecule is C=CC(=O)Nc1cccc(S(=O)(=O)N2CCCCCC2)c1. The van der Waals surface area contributed by atoms with Crippen LogP contribution in [0.5, 0.6) is 0 Å². The molecule has 114 valence electrons. The van der Waals surface area contributed by atoms with E-state index in [-0.39, 0.29) is 10.8 Å². The van der Waals surface area contributed by atoms with Crippen LogP contribution in [-0.4, -0.2) is 31.7 Å². The number of hydrogen-bond donors (Lipinski definition) is 1. The summed E-state index contributed by atoms with van der Waals surface area (Å²) < 4.78 is 26.8. The minimum atomic E-state index is -3.49. The second-order valence-electron chi connectivity index (χ2n) is 5.04. The van der Waals surface area contributed by atoms with E-state index < -0.39 is 10.0 Å². The molecular formula is C15H20N2O3S. The summed E-state index contributed by atoms with van der Waals surface area (Å²) >= 11 is 0. The third-order valence-electron chi connectivity index (χ3n) is 3.49. The fourth-order valence-corrected chi connectivity index (χ4v) is 3.92. The maximum Gasteiger partial charge on any atom is 0.247 e. The van der Waals surface area contributed by atoms with Crippen molar-refractivity contribution >= 4 is 21.6 Å². The molecule has 21 heavy (non-hydrogen) atoms. The van der Waals surface area contributed by atoms with E-state index in [9.17, 15) is 13.2 Å². The van der Waals surface area contributed by atoms with Crippen LogP contribution in [0.15, 0.2) is 41.8 Å². The van der Waals surface area contributed by atoms with Crippen LogP contribution < -0.4 is 5.32 Å². The molecule has 2 rings (SSSR count). The first-order valence-corrected chi connectivity index (χ1v) is 8.51. The molecule has 0 bridgehead atoms. The van der Waals surface area contributed by atoms with Gasteiger partial charge in [0, 0.05) is 18.8 Å². The average Bonchev–Trinajstić information content (AvgIpc) is 2.77. The predicted octanol–water partition coefficient (Wildman–Crippen LogP) is 2.38. The molecule has 0 aliphatic carbocycles. The van der Waals surface area contributed by atoms with Crippen molar-refractivity contribution in [1.82, 2.24) is 4.31 Å². The Morgan fingerprint density at radius 3 is 2.48 bits per heavy atom. The first-order chi connectivity index (χ1) is 10.0. The molecule has 1 fully saturated rings. The van der Waals surface area contributed by atoms with E-state index in [1.165, 1.54) is 10.4 Å². The summed E-state index contributed by atoms with van der Waals surface area (Å²) in [7, 11) is -3.49. The molecule has 1 N–H and O–H groups in total. The molecule has 6 heteroatoms. The van der Waals surface area contributed by atoms with Crippen LogP contribution in [0.25, 0.3) is 0 Å². The van der Waals surface area contributed by atoms with Gasteiger partial charge in [-0.25, -0.2) is 8.42 Å². The predicted molar refractivity (Wildman–Crippen MR) is 82.5 cm³/mol.